The maximum atomic E-state index is 2.40. The lowest BCUT2D eigenvalue weighted by atomic mass is 10.1. The molecular weight excluding hydrogens is 258 g/mol. The molecule has 1 nitrogen and oxygen atoms in total. The van der Waals surface area contributed by atoms with Crippen LogP contribution in [0.1, 0.15) is 6.42 Å². The summed E-state index contributed by atoms with van der Waals surface area (Å²) in [5, 5.41) is 2.68. The molecule has 1 atom stereocenters. The fourth-order valence-corrected chi connectivity index (χ4v) is 3.51. The van der Waals surface area contributed by atoms with E-state index in [4.69, 9.17) is 0 Å². The number of aromatic nitrogens is 1. The highest BCUT2D eigenvalue weighted by Crippen LogP contribution is 2.33. The topological polar surface area (TPSA) is 4.93 Å². The number of hydrogen-bond acceptors (Lipinski definition) is 0. The van der Waals surface area contributed by atoms with E-state index in [0.717, 1.165) is 5.54 Å². The lowest BCUT2D eigenvalue weighted by molar-refractivity contribution is 1.01. The Kier molecular flexibility index (Phi) is 2.64. The Labute approximate surface area is 121 Å². The number of nitrogens with zero attached hydrogens (tertiary/aromatic N) is 1. The molecule has 0 amide bonds. The first-order chi connectivity index (χ1) is 9.84. The van der Waals surface area contributed by atoms with Crippen LogP contribution in [-0.4, -0.2) is 14.8 Å². The van der Waals surface area contributed by atoms with Crippen LogP contribution in [0.25, 0.3) is 27.5 Å². The molecule has 1 aliphatic rings. The maximum Gasteiger partial charge on any atom is 0.0540 e. The number of benzene rings is 2. The number of rotatable bonds is 1. The Bertz CT molecular complexity index is 801. The molecule has 2 heteroatoms. The predicted octanol–water partition coefficient (Wildman–Crippen LogP) is 3.75. The van der Waals surface area contributed by atoms with Crippen molar-refractivity contribution in [2.24, 2.45) is 0 Å². The van der Waals surface area contributed by atoms with Gasteiger partial charge >= 0.3 is 0 Å². The minimum atomic E-state index is 0.784. The average Bonchev–Trinajstić information content (AvgIpc) is 2.83. The highest BCUT2D eigenvalue weighted by Gasteiger charge is 2.13. The molecule has 0 saturated carbocycles. The van der Waals surface area contributed by atoms with Gasteiger partial charge in [-0.15, -0.1) is 0 Å². The second-order valence-corrected chi connectivity index (χ2v) is 7.05. The van der Waals surface area contributed by atoms with Crippen LogP contribution in [0.5, 0.6) is 0 Å². The van der Waals surface area contributed by atoms with Gasteiger partial charge in [-0.3, -0.25) is 0 Å². The van der Waals surface area contributed by atoms with E-state index in [2.05, 4.69) is 71.3 Å². The predicted molar refractivity (Wildman–Crippen MR) is 91.2 cm³/mol. The van der Waals surface area contributed by atoms with E-state index in [9.17, 15) is 0 Å². The van der Waals surface area contributed by atoms with Crippen LogP contribution in [0.15, 0.2) is 66.8 Å². The normalized spacial score (nSPS) is 18.8. The fraction of sp³-hybridized carbons (Fsp3) is 0.111. The molecule has 20 heavy (non-hydrogen) atoms. The van der Waals surface area contributed by atoms with Gasteiger partial charge in [0.25, 0.3) is 0 Å². The Balaban J connectivity index is 2.08. The van der Waals surface area contributed by atoms with Gasteiger partial charge in [-0.05, 0) is 30.2 Å². The average molecular weight is 275 g/mol. The molecule has 1 heterocycles. The van der Waals surface area contributed by atoms with Gasteiger partial charge in [0.15, 0.2) is 0 Å². The summed E-state index contributed by atoms with van der Waals surface area (Å²) in [6.45, 7) is 0. The summed E-state index contributed by atoms with van der Waals surface area (Å²) in [5.41, 5.74) is 4.70. The molecule has 4 rings (SSSR count). The number of fused-ring (bicyclic) bond motifs is 3. The minimum Gasteiger partial charge on any atom is -0.310 e. The van der Waals surface area contributed by atoms with Gasteiger partial charge in [0.2, 0.25) is 0 Å². The fourth-order valence-electron chi connectivity index (χ4n) is 3.08. The standard InChI is InChI=1S/C18H17NSi/c20-14-11-9-13(10-12-14)19-17-7-3-1-5-15(17)16-6-2-4-8-18(16)19/h1-11,14H,12H2,20H3. The zero-order valence-corrected chi connectivity index (χ0v) is 13.6. The first-order valence-corrected chi connectivity index (χ1v) is 8.37. The summed E-state index contributed by atoms with van der Waals surface area (Å²) < 4.78 is 2.40. The van der Waals surface area contributed by atoms with Crippen LogP contribution in [0, 0.1) is 0 Å². The van der Waals surface area contributed by atoms with E-state index in [1.165, 1.54) is 44.2 Å². The van der Waals surface area contributed by atoms with Crippen molar-refractivity contribution in [1.82, 2.24) is 4.57 Å². The SMILES string of the molecule is [SiH3]C1C=CC(n2c3ccccc3c3ccccc32)=CC1. The van der Waals surface area contributed by atoms with Crippen LogP contribution >= 0.6 is 0 Å². The second-order valence-electron chi connectivity index (χ2n) is 5.57. The van der Waals surface area contributed by atoms with Gasteiger partial charge < -0.3 is 4.57 Å². The Morgan fingerprint density at radius 1 is 0.900 bits per heavy atom. The molecule has 0 bridgehead atoms. The smallest absolute Gasteiger partial charge is 0.0540 e. The zero-order valence-electron chi connectivity index (χ0n) is 11.6. The molecule has 98 valence electrons. The number of para-hydroxylation sites is 2. The molecule has 0 spiro atoms. The molecule has 2 aromatic carbocycles. The molecule has 1 unspecified atom stereocenters. The van der Waals surface area contributed by atoms with E-state index >= 15 is 0 Å². The Morgan fingerprint density at radius 3 is 2.05 bits per heavy atom. The van der Waals surface area contributed by atoms with Crippen molar-refractivity contribution in [3.8, 4) is 0 Å². The van der Waals surface area contributed by atoms with Gasteiger partial charge in [-0.2, -0.15) is 0 Å². The van der Waals surface area contributed by atoms with Crippen LogP contribution in [0.3, 0.4) is 0 Å². The van der Waals surface area contributed by atoms with Crippen molar-refractivity contribution < 1.29 is 0 Å². The maximum absolute atomic E-state index is 2.40. The highest BCUT2D eigenvalue weighted by molar-refractivity contribution is 6.14. The van der Waals surface area contributed by atoms with E-state index < -0.39 is 0 Å². The second kappa shape index (κ2) is 4.49. The first-order valence-electron chi connectivity index (χ1n) is 7.21. The quantitative estimate of drug-likeness (QED) is 0.596. The molecule has 0 N–H and O–H groups in total. The van der Waals surface area contributed by atoms with Crippen molar-refractivity contribution in [2.45, 2.75) is 12.0 Å². The molecule has 0 saturated heterocycles. The van der Waals surface area contributed by atoms with Crippen LogP contribution in [-0.2, 0) is 0 Å². The largest absolute Gasteiger partial charge is 0.310 e. The van der Waals surface area contributed by atoms with E-state index in [1.807, 2.05) is 0 Å². The summed E-state index contributed by atoms with van der Waals surface area (Å²) in [6, 6.07) is 17.4. The first kappa shape index (κ1) is 11.7. The highest BCUT2D eigenvalue weighted by atomic mass is 28.1. The monoisotopic (exact) mass is 275 g/mol. The van der Waals surface area contributed by atoms with E-state index in [0.29, 0.717) is 0 Å². The van der Waals surface area contributed by atoms with Gasteiger partial charge in [-0.1, -0.05) is 48.6 Å². The molecule has 0 fully saturated rings. The third kappa shape index (κ3) is 1.69. The van der Waals surface area contributed by atoms with Crippen molar-refractivity contribution in [2.75, 3.05) is 0 Å². The van der Waals surface area contributed by atoms with Crippen molar-refractivity contribution in [1.29, 1.82) is 0 Å². The van der Waals surface area contributed by atoms with Crippen LogP contribution in [0.4, 0.5) is 0 Å². The van der Waals surface area contributed by atoms with Crippen molar-refractivity contribution in [3.63, 3.8) is 0 Å². The molecule has 0 aliphatic heterocycles. The van der Waals surface area contributed by atoms with Crippen molar-refractivity contribution >= 4 is 37.7 Å². The van der Waals surface area contributed by atoms with Crippen molar-refractivity contribution in [3.05, 3.63) is 66.8 Å². The summed E-state index contributed by atoms with van der Waals surface area (Å²) in [4.78, 5) is 0. The van der Waals surface area contributed by atoms with E-state index in [-0.39, 0.29) is 0 Å². The minimum absolute atomic E-state index is 0.784. The van der Waals surface area contributed by atoms with Gasteiger partial charge in [-0.25, -0.2) is 0 Å². The number of hydrogen-bond donors (Lipinski definition) is 0. The Hall–Kier alpha value is -2.06. The van der Waals surface area contributed by atoms with Gasteiger partial charge in [0.05, 0.1) is 11.0 Å². The Morgan fingerprint density at radius 2 is 1.50 bits per heavy atom. The van der Waals surface area contributed by atoms with Crippen LogP contribution in [0.2, 0.25) is 5.54 Å². The van der Waals surface area contributed by atoms with Gasteiger partial charge in [0, 0.05) is 26.7 Å². The number of allylic oxidation sites excluding steroid dienone is 4. The summed E-state index contributed by atoms with van der Waals surface area (Å²) in [7, 11) is 1.24. The molecule has 3 aromatic rings. The van der Waals surface area contributed by atoms with Gasteiger partial charge in [0.1, 0.15) is 0 Å². The molecular formula is C18H17NSi. The molecule has 0 radical (unpaired) electrons. The lowest BCUT2D eigenvalue weighted by Crippen LogP contribution is -1.99. The molecule has 1 aromatic heterocycles. The summed E-state index contributed by atoms with van der Waals surface area (Å²) in [6.07, 6.45) is 8.22. The third-order valence-electron chi connectivity index (χ3n) is 4.13. The van der Waals surface area contributed by atoms with E-state index in [1.54, 1.807) is 0 Å². The summed E-state index contributed by atoms with van der Waals surface area (Å²) >= 11 is 0. The third-order valence-corrected chi connectivity index (χ3v) is 4.99. The molecule has 1 aliphatic carbocycles. The summed E-state index contributed by atoms with van der Waals surface area (Å²) in [5.74, 6) is 0. The zero-order chi connectivity index (χ0) is 13.5. The van der Waals surface area contributed by atoms with Crippen LogP contribution < -0.4 is 0 Å². The lowest BCUT2D eigenvalue weighted by Gasteiger charge is -2.15.